The number of amides is 5. The van der Waals surface area contributed by atoms with E-state index in [-0.39, 0.29) is 19.3 Å². The molecule has 0 bridgehead atoms. The molecule has 0 radical (unpaired) electrons. The van der Waals surface area contributed by atoms with Gasteiger partial charge in [-0.25, -0.2) is 9.78 Å². The van der Waals surface area contributed by atoms with E-state index in [9.17, 15) is 33.9 Å². The number of H-pyrrole nitrogens is 1. The van der Waals surface area contributed by atoms with Crippen molar-refractivity contribution in [3.8, 4) is 0 Å². The summed E-state index contributed by atoms with van der Waals surface area (Å²) in [6, 6.07) is -5.18. The van der Waals surface area contributed by atoms with Crippen molar-refractivity contribution in [3.05, 3.63) is 18.2 Å². The number of nitrogens with one attached hydrogen (secondary N) is 4. The Morgan fingerprint density at radius 3 is 2.06 bits per heavy atom. The van der Waals surface area contributed by atoms with Crippen molar-refractivity contribution in [3.63, 3.8) is 0 Å². The largest absolute Gasteiger partial charge is 0.480 e. The van der Waals surface area contributed by atoms with Gasteiger partial charge in [-0.05, 0) is 12.3 Å². The molecule has 0 aliphatic carbocycles. The van der Waals surface area contributed by atoms with E-state index >= 15 is 0 Å². The molecular formula is C20H32N8O7. The number of hydrogen-bond acceptors (Lipinski definition) is 8. The van der Waals surface area contributed by atoms with Crippen LogP contribution in [0.2, 0.25) is 0 Å². The van der Waals surface area contributed by atoms with Gasteiger partial charge in [0, 0.05) is 24.7 Å². The zero-order valence-corrected chi connectivity index (χ0v) is 19.4. The molecule has 11 N–H and O–H groups in total. The predicted octanol–water partition coefficient (Wildman–Crippen LogP) is -3.38. The van der Waals surface area contributed by atoms with Gasteiger partial charge < -0.3 is 43.2 Å². The number of carbonyl (C=O) groups is 6. The number of carboxylic acids is 1. The Labute approximate surface area is 200 Å². The van der Waals surface area contributed by atoms with Gasteiger partial charge in [-0.3, -0.25) is 24.0 Å². The highest BCUT2D eigenvalue weighted by molar-refractivity contribution is 5.95. The summed E-state index contributed by atoms with van der Waals surface area (Å²) >= 11 is 0. The molecule has 1 aromatic rings. The maximum Gasteiger partial charge on any atom is 0.326 e. The second-order valence-corrected chi connectivity index (χ2v) is 8.25. The van der Waals surface area contributed by atoms with Crippen LogP contribution in [0.15, 0.2) is 12.5 Å². The third-order valence-electron chi connectivity index (χ3n) is 4.91. The number of nitrogens with zero attached hydrogens (tertiary/aromatic N) is 1. The van der Waals surface area contributed by atoms with E-state index in [0.29, 0.717) is 5.69 Å². The van der Waals surface area contributed by atoms with E-state index in [0.717, 1.165) is 0 Å². The predicted molar refractivity (Wildman–Crippen MR) is 121 cm³/mol. The Morgan fingerprint density at radius 2 is 1.57 bits per heavy atom. The number of aliphatic carboxylic acids is 1. The fourth-order valence-corrected chi connectivity index (χ4v) is 3.01. The second kappa shape index (κ2) is 13.6. The molecule has 0 aromatic carbocycles. The molecule has 0 aliphatic heterocycles. The molecule has 15 nitrogen and oxygen atoms in total. The Hall–Kier alpha value is -4.01. The third kappa shape index (κ3) is 10.2. The molecule has 4 unspecified atom stereocenters. The zero-order valence-electron chi connectivity index (χ0n) is 19.4. The Morgan fingerprint density at radius 1 is 0.971 bits per heavy atom. The molecule has 0 spiro atoms. The Bertz CT molecular complexity index is 919. The molecule has 0 saturated carbocycles. The lowest BCUT2D eigenvalue weighted by atomic mass is 10.0. The quantitative estimate of drug-likeness (QED) is 0.120. The number of nitrogens with two attached hydrogens (primary N) is 3. The topological polar surface area (TPSA) is 265 Å². The average molecular weight is 497 g/mol. The molecule has 1 heterocycles. The molecular weight excluding hydrogens is 464 g/mol. The molecule has 5 amide bonds. The highest BCUT2D eigenvalue weighted by Crippen LogP contribution is 2.07. The summed E-state index contributed by atoms with van der Waals surface area (Å²) in [7, 11) is 0. The molecule has 1 aromatic heterocycles. The highest BCUT2D eigenvalue weighted by Gasteiger charge is 2.32. The summed E-state index contributed by atoms with van der Waals surface area (Å²) in [6.07, 6.45) is 1.70. The minimum atomic E-state index is -1.34. The molecule has 15 heteroatoms. The smallest absolute Gasteiger partial charge is 0.326 e. The van der Waals surface area contributed by atoms with Gasteiger partial charge in [-0.1, -0.05) is 13.8 Å². The normalized spacial score (nSPS) is 14.3. The fourth-order valence-electron chi connectivity index (χ4n) is 3.01. The van der Waals surface area contributed by atoms with Crippen molar-refractivity contribution in [2.75, 3.05) is 0 Å². The molecule has 0 fully saturated rings. The summed E-state index contributed by atoms with van der Waals surface area (Å²) in [6.45, 7) is 3.21. The van der Waals surface area contributed by atoms with E-state index in [1.807, 2.05) is 0 Å². The summed E-state index contributed by atoms with van der Waals surface area (Å²) in [5, 5.41) is 16.5. The average Bonchev–Trinajstić information content (AvgIpc) is 3.25. The molecule has 194 valence electrons. The van der Waals surface area contributed by atoms with Crippen molar-refractivity contribution >= 4 is 35.5 Å². The van der Waals surface area contributed by atoms with Crippen LogP contribution in [0.4, 0.5) is 0 Å². The summed E-state index contributed by atoms with van der Waals surface area (Å²) in [5.74, 6) is -5.81. The number of carboxylic acid groups (broad SMARTS) is 1. The zero-order chi connectivity index (χ0) is 26.7. The standard InChI is InChI=1S/C20H32N8O7/c1-9(2)16(20(34)35)28-19(33)13(5-10-7-24-8-25-10)27-18(32)12(3-4-14(22)29)26-17(31)11(21)6-15(23)30/h7-9,11-13,16H,3-6,21H2,1-2H3,(H2,22,29)(H2,23,30)(H,24,25)(H,26,31)(H,27,32)(H,28,33)(H,34,35). The third-order valence-corrected chi connectivity index (χ3v) is 4.91. The van der Waals surface area contributed by atoms with Crippen LogP contribution in [0.25, 0.3) is 0 Å². The van der Waals surface area contributed by atoms with Gasteiger partial charge >= 0.3 is 5.97 Å². The first kappa shape index (κ1) is 29.0. The summed E-state index contributed by atoms with van der Waals surface area (Å²) in [4.78, 5) is 78.6. The number of aromatic nitrogens is 2. The van der Waals surface area contributed by atoms with Crippen LogP contribution in [0, 0.1) is 5.92 Å². The maximum atomic E-state index is 13.0. The van der Waals surface area contributed by atoms with E-state index in [1.165, 1.54) is 12.5 Å². The van der Waals surface area contributed by atoms with E-state index < -0.39 is 72.0 Å². The molecule has 35 heavy (non-hydrogen) atoms. The van der Waals surface area contributed by atoms with Crippen LogP contribution >= 0.6 is 0 Å². The van der Waals surface area contributed by atoms with E-state index in [1.54, 1.807) is 13.8 Å². The number of hydrogen-bond donors (Lipinski definition) is 8. The molecule has 1 rings (SSSR count). The van der Waals surface area contributed by atoms with Gasteiger partial charge in [0.2, 0.25) is 29.5 Å². The number of imidazole rings is 1. The number of carbonyl (C=O) groups excluding carboxylic acids is 5. The lowest BCUT2D eigenvalue weighted by molar-refractivity contribution is -0.143. The van der Waals surface area contributed by atoms with Crippen LogP contribution < -0.4 is 33.2 Å². The SMILES string of the molecule is CC(C)C(NC(=O)C(Cc1cnc[nH]1)NC(=O)C(CCC(N)=O)NC(=O)C(N)CC(N)=O)C(=O)O. The van der Waals surface area contributed by atoms with Gasteiger partial charge in [0.1, 0.15) is 18.1 Å². The summed E-state index contributed by atoms with van der Waals surface area (Å²) < 4.78 is 0. The van der Waals surface area contributed by atoms with Crippen molar-refractivity contribution in [2.45, 2.75) is 63.7 Å². The minimum Gasteiger partial charge on any atom is -0.480 e. The first-order valence-electron chi connectivity index (χ1n) is 10.7. The lowest BCUT2D eigenvalue weighted by Gasteiger charge is -2.25. The van der Waals surface area contributed by atoms with Crippen molar-refractivity contribution in [1.82, 2.24) is 25.9 Å². The van der Waals surface area contributed by atoms with Crippen LogP contribution in [0.1, 0.15) is 38.8 Å². The van der Waals surface area contributed by atoms with E-state index in [4.69, 9.17) is 17.2 Å². The Kier molecular flexibility index (Phi) is 11.3. The monoisotopic (exact) mass is 496 g/mol. The van der Waals surface area contributed by atoms with Crippen molar-refractivity contribution < 1.29 is 33.9 Å². The molecule has 4 atom stereocenters. The van der Waals surface area contributed by atoms with Crippen LogP contribution in [0.5, 0.6) is 0 Å². The van der Waals surface area contributed by atoms with Gasteiger partial charge in [0.25, 0.3) is 0 Å². The van der Waals surface area contributed by atoms with Gasteiger partial charge in [0.05, 0.1) is 18.8 Å². The second-order valence-electron chi connectivity index (χ2n) is 8.25. The first-order valence-corrected chi connectivity index (χ1v) is 10.7. The van der Waals surface area contributed by atoms with Gasteiger partial charge in [0.15, 0.2) is 0 Å². The number of primary amides is 2. The Balaban J connectivity index is 3.09. The van der Waals surface area contributed by atoms with Gasteiger partial charge in [-0.15, -0.1) is 0 Å². The van der Waals surface area contributed by atoms with Crippen molar-refractivity contribution in [2.24, 2.45) is 23.1 Å². The minimum absolute atomic E-state index is 0.0836. The lowest BCUT2D eigenvalue weighted by Crippen LogP contribution is -2.58. The van der Waals surface area contributed by atoms with Gasteiger partial charge in [-0.2, -0.15) is 0 Å². The maximum absolute atomic E-state index is 13.0. The fraction of sp³-hybridized carbons (Fsp3) is 0.550. The van der Waals surface area contributed by atoms with Crippen LogP contribution in [-0.2, 0) is 35.2 Å². The summed E-state index contributed by atoms with van der Waals surface area (Å²) in [5.41, 5.74) is 16.2. The number of rotatable bonds is 15. The first-order chi connectivity index (χ1) is 16.3. The van der Waals surface area contributed by atoms with E-state index in [2.05, 4.69) is 25.9 Å². The number of aromatic amines is 1. The van der Waals surface area contributed by atoms with Crippen LogP contribution in [0.3, 0.4) is 0 Å². The van der Waals surface area contributed by atoms with Crippen molar-refractivity contribution in [1.29, 1.82) is 0 Å². The highest BCUT2D eigenvalue weighted by atomic mass is 16.4. The molecule has 0 saturated heterocycles. The molecule has 0 aliphatic rings. The van der Waals surface area contributed by atoms with Crippen LogP contribution in [-0.4, -0.2) is 74.7 Å².